The lowest BCUT2D eigenvalue weighted by Crippen LogP contribution is -2.27. The minimum atomic E-state index is -3.85. The normalized spacial score (nSPS) is 12.0. The maximum absolute atomic E-state index is 12.4. The molecule has 0 aliphatic heterocycles. The molecule has 0 aliphatic carbocycles. The van der Waals surface area contributed by atoms with Crippen LogP contribution in [0.25, 0.3) is 0 Å². The maximum atomic E-state index is 12.4. The van der Waals surface area contributed by atoms with Crippen molar-refractivity contribution in [3.05, 3.63) is 24.3 Å². The number of carbonyl (C=O) groups is 1. The van der Waals surface area contributed by atoms with E-state index in [1.807, 2.05) is 12.3 Å². The van der Waals surface area contributed by atoms with Crippen molar-refractivity contribution in [3.8, 4) is 0 Å². The van der Waals surface area contributed by atoms with Crippen molar-refractivity contribution in [2.75, 3.05) is 16.3 Å². The van der Waals surface area contributed by atoms with Crippen LogP contribution in [0.5, 0.6) is 0 Å². The van der Waals surface area contributed by atoms with Gasteiger partial charge in [-0.05, 0) is 24.5 Å². The Kier molecular flexibility index (Phi) is 5.51. The highest BCUT2D eigenvalue weighted by atomic mass is 32.2. The summed E-state index contributed by atoms with van der Waals surface area (Å²) in [5.74, 6) is -0.261. The van der Waals surface area contributed by atoms with Gasteiger partial charge in [0.15, 0.2) is 0 Å². The van der Waals surface area contributed by atoms with Crippen LogP contribution in [-0.4, -0.2) is 30.8 Å². The van der Waals surface area contributed by atoms with E-state index in [9.17, 15) is 13.2 Å². The van der Waals surface area contributed by atoms with Crippen LogP contribution in [0.2, 0.25) is 0 Å². The van der Waals surface area contributed by atoms with Crippen LogP contribution in [0.15, 0.2) is 33.5 Å². The highest BCUT2D eigenvalue weighted by Gasteiger charge is 2.25. The Hall–Kier alpha value is -1.65. The van der Waals surface area contributed by atoms with Gasteiger partial charge in [-0.25, -0.2) is 0 Å². The van der Waals surface area contributed by atoms with Crippen LogP contribution in [0, 0.1) is 5.41 Å². The summed E-state index contributed by atoms with van der Waals surface area (Å²) in [6, 6.07) is 7.03. The Morgan fingerprint density at radius 2 is 1.96 bits per heavy atom. The fraction of sp³-hybridized carbons (Fsp3) is 0.357. The third-order valence-electron chi connectivity index (χ3n) is 2.86. The van der Waals surface area contributed by atoms with Gasteiger partial charge >= 0.3 is 0 Å². The minimum Gasteiger partial charge on any atom is -0.300 e. The monoisotopic (exact) mass is 386 g/mol. The van der Waals surface area contributed by atoms with Crippen LogP contribution in [0.1, 0.15) is 20.8 Å². The average molecular weight is 387 g/mol. The lowest BCUT2D eigenvalue weighted by Gasteiger charge is -2.15. The molecular weight excluding hydrogens is 368 g/mol. The number of carbonyl (C=O) groups excluding carboxylic acids is 1. The zero-order valence-electron chi connectivity index (χ0n) is 13.7. The summed E-state index contributed by atoms with van der Waals surface area (Å²) in [4.78, 5) is 12.9. The Labute approximate surface area is 149 Å². The largest absolute Gasteiger partial charge is 0.300 e. The molecule has 0 bridgehead atoms. The molecule has 0 aliphatic rings. The number of hydrogen-bond donors (Lipinski definition) is 2. The molecule has 0 spiro atoms. The van der Waals surface area contributed by atoms with Crippen molar-refractivity contribution in [2.24, 2.45) is 5.41 Å². The molecule has 24 heavy (non-hydrogen) atoms. The number of benzene rings is 1. The summed E-state index contributed by atoms with van der Waals surface area (Å²) in [5, 5.41) is 10.1. The van der Waals surface area contributed by atoms with E-state index in [0.717, 1.165) is 16.2 Å². The molecule has 1 aromatic carbocycles. The molecule has 0 saturated heterocycles. The van der Waals surface area contributed by atoms with E-state index in [1.54, 1.807) is 39.0 Å². The fourth-order valence-electron chi connectivity index (χ4n) is 1.54. The standard InChI is InChI=1S/C14H18N4O3S3/c1-14(2,3)11(19)15-12-16-17-13(23-12)24(20,21)18-9-6-5-7-10(8-9)22-4/h5-8,18H,1-4H3,(H,15,16,19). The lowest BCUT2D eigenvalue weighted by molar-refractivity contribution is -0.123. The second kappa shape index (κ2) is 7.08. The van der Waals surface area contributed by atoms with Crippen LogP contribution in [0.4, 0.5) is 10.8 Å². The van der Waals surface area contributed by atoms with E-state index in [1.165, 1.54) is 11.8 Å². The summed E-state index contributed by atoms with van der Waals surface area (Å²) in [7, 11) is -3.85. The number of nitrogens with one attached hydrogen (secondary N) is 2. The Bertz CT molecular complexity index is 841. The first-order valence-electron chi connectivity index (χ1n) is 6.93. The van der Waals surface area contributed by atoms with E-state index in [0.29, 0.717) is 5.69 Å². The zero-order chi connectivity index (χ0) is 18.0. The van der Waals surface area contributed by atoms with Gasteiger partial charge in [-0.3, -0.25) is 9.52 Å². The van der Waals surface area contributed by atoms with Crippen molar-refractivity contribution in [1.29, 1.82) is 0 Å². The van der Waals surface area contributed by atoms with Gasteiger partial charge in [0.05, 0.1) is 5.69 Å². The van der Waals surface area contributed by atoms with Crippen molar-refractivity contribution < 1.29 is 13.2 Å². The third-order valence-corrected chi connectivity index (χ3v) is 6.17. The number of nitrogens with zero attached hydrogens (tertiary/aromatic N) is 2. The first-order chi connectivity index (χ1) is 11.1. The Balaban J connectivity index is 2.17. The second-order valence-corrected chi connectivity index (χ2v) is 9.63. The van der Waals surface area contributed by atoms with E-state index < -0.39 is 15.4 Å². The number of sulfonamides is 1. The van der Waals surface area contributed by atoms with Crippen molar-refractivity contribution in [3.63, 3.8) is 0 Å². The van der Waals surface area contributed by atoms with Gasteiger partial charge < -0.3 is 5.32 Å². The number of thioether (sulfide) groups is 1. The summed E-state index contributed by atoms with van der Waals surface area (Å²) >= 11 is 2.31. The lowest BCUT2D eigenvalue weighted by atomic mass is 9.96. The molecular formula is C14H18N4O3S3. The number of amides is 1. The summed E-state index contributed by atoms with van der Waals surface area (Å²) in [5.41, 5.74) is -0.168. The molecule has 2 rings (SSSR count). The van der Waals surface area contributed by atoms with E-state index in [2.05, 4.69) is 20.2 Å². The summed E-state index contributed by atoms with van der Waals surface area (Å²) < 4.78 is 27.0. The molecule has 0 fully saturated rings. The van der Waals surface area contributed by atoms with E-state index >= 15 is 0 Å². The molecule has 1 aromatic heterocycles. The summed E-state index contributed by atoms with van der Waals surface area (Å²) in [6.07, 6.45) is 1.91. The van der Waals surface area contributed by atoms with Crippen molar-refractivity contribution in [2.45, 2.75) is 30.0 Å². The molecule has 0 unspecified atom stereocenters. The molecule has 0 atom stereocenters. The van der Waals surface area contributed by atoms with Crippen molar-refractivity contribution >= 4 is 49.8 Å². The van der Waals surface area contributed by atoms with Gasteiger partial charge in [-0.15, -0.1) is 22.0 Å². The van der Waals surface area contributed by atoms with Gasteiger partial charge in [0.25, 0.3) is 14.4 Å². The predicted octanol–water partition coefficient (Wildman–Crippen LogP) is 3.05. The van der Waals surface area contributed by atoms with Gasteiger partial charge in [-0.2, -0.15) is 8.42 Å². The smallest absolute Gasteiger partial charge is 0.291 e. The molecule has 7 nitrogen and oxygen atoms in total. The molecule has 10 heteroatoms. The molecule has 1 heterocycles. The fourth-order valence-corrected chi connectivity index (χ4v) is 3.94. The minimum absolute atomic E-state index is 0.146. The van der Waals surface area contributed by atoms with Gasteiger partial charge in [0.1, 0.15) is 0 Å². The Morgan fingerprint density at radius 1 is 1.25 bits per heavy atom. The first kappa shape index (κ1) is 18.7. The quantitative estimate of drug-likeness (QED) is 0.605. The highest BCUT2D eigenvalue weighted by Crippen LogP contribution is 2.26. The van der Waals surface area contributed by atoms with Gasteiger partial charge in [0, 0.05) is 10.3 Å². The van der Waals surface area contributed by atoms with Gasteiger partial charge in [-0.1, -0.05) is 38.2 Å². The molecule has 1 amide bonds. The Morgan fingerprint density at radius 3 is 2.58 bits per heavy atom. The van der Waals surface area contributed by atoms with E-state index in [4.69, 9.17) is 0 Å². The molecule has 2 aromatic rings. The number of anilines is 2. The van der Waals surface area contributed by atoms with Crippen LogP contribution in [0.3, 0.4) is 0 Å². The van der Waals surface area contributed by atoms with Crippen LogP contribution in [-0.2, 0) is 14.8 Å². The molecule has 130 valence electrons. The predicted molar refractivity (Wildman–Crippen MR) is 97.0 cm³/mol. The third kappa shape index (κ3) is 4.68. The number of rotatable bonds is 5. The number of hydrogen-bond acceptors (Lipinski definition) is 7. The topological polar surface area (TPSA) is 101 Å². The second-order valence-electron chi connectivity index (χ2n) is 5.91. The first-order valence-corrected chi connectivity index (χ1v) is 10.5. The van der Waals surface area contributed by atoms with Gasteiger partial charge in [0.2, 0.25) is 11.0 Å². The highest BCUT2D eigenvalue weighted by molar-refractivity contribution is 7.98. The zero-order valence-corrected chi connectivity index (χ0v) is 16.1. The molecule has 2 N–H and O–H groups in total. The summed E-state index contributed by atoms with van der Waals surface area (Å²) in [6.45, 7) is 5.25. The molecule has 0 saturated carbocycles. The average Bonchev–Trinajstić information content (AvgIpc) is 2.95. The molecule has 0 radical (unpaired) electrons. The number of aromatic nitrogens is 2. The van der Waals surface area contributed by atoms with E-state index in [-0.39, 0.29) is 15.4 Å². The maximum Gasteiger partial charge on any atom is 0.291 e. The van der Waals surface area contributed by atoms with Crippen LogP contribution < -0.4 is 10.0 Å². The van der Waals surface area contributed by atoms with Crippen molar-refractivity contribution in [1.82, 2.24) is 10.2 Å². The van der Waals surface area contributed by atoms with Crippen LogP contribution >= 0.6 is 23.1 Å². The SMILES string of the molecule is CSc1cccc(NS(=O)(=O)c2nnc(NC(=O)C(C)(C)C)s2)c1.